The van der Waals surface area contributed by atoms with Gasteiger partial charge >= 0.3 is 0 Å². The van der Waals surface area contributed by atoms with Crippen LogP contribution in [0.5, 0.6) is 0 Å². The number of unbranched alkanes of at least 4 members (excludes halogenated alkanes) is 1. The smallest absolute Gasteiger partial charge is 0.0444 e. The molecule has 2 aromatic rings. The predicted octanol–water partition coefficient (Wildman–Crippen LogP) is 4.55. The number of aromatic nitrogens is 2. The zero-order chi connectivity index (χ0) is 14.9. The van der Waals surface area contributed by atoms with Gasteiger partial charge in [0.2, 0.25) is 0 Å². The van der Waals surface area contributed by atoms with Gasteiger partial charge in [-0.05, 0) is 63.3 Å². The van der Waals surface area contributed by atoms with Gasteiger partial charge in [-0.15, -0.1) is 0 Å². The fourth-order valence-electron chi connectivity index (χ4n) is 2.27. The van der Waals surface area contributed by atoms with E-state index in [-0.39, 0.29) is 0 Å². The van der Waals surface area contributed by atoms with Crippen molar-refractivity contribution in [3.63, 3.8) is 0 Å². The summed E-state index contributed by atoms with van der Waals surface area (Å²) in [6.07, 6.45) is 11.5. The first-order valence-electron chi connectivity index (χ1n) is 7.71. The second kappa shape index (κ2) is 8.35. The van der Waals surface area contributed by atoms with Crippen LogP contribution in [0, 0.1) is 0 Å². The first-order valence-corrected chi connectivity index (χ1v) is 7.71. The number of hydrogen-bond acceptors (Lipinski definition) is 2. The summed E-state index contributed by atoms with van der Waals surface area (Å²) in [4.78, 5) is 8.88. The summed E-state index contributed by atoms with van der Waals surface area (Å²) in [5.74, 6) is 0. The lowest BCUT2D eigenvalue weighted by Crippen LogP contribution is -1.96. The van der Waals surface area contributed by atoms with E-state index in [0.717, 1.165) is 19.3 Å². The van der Waals surface area contributed by atoms with Crippen molar-refractivity contribution in [2.24, 2.45) is 0 Å². The molecule has 0 aromatic carbocycles. The molecule has 0 spiro atoms. The maximum atomic E-state index is 4.73. The fraction of sp³-hybridized carbons (Fsp3) is 0.368. The Labute approximate surface area is 128 Å². The van der Waals surface area contributed by atoms with Crippen LogP contribution in [0.25, 0.3) is 0 Å². The minimum Gasteiger partial charge on any atom is -0.264 e. The van der Waals surface area contributed by atoms with Gasteiger partial charge in [0, 0.05) is 30.2 Å². The average molecular weight is 280 g/mol. The van der Waals surface area contributed by atoms with Gasteiger partial charge in [0.05, 0.1) is 0 Å². The largest absolute Gasteiger partial charge is 0.264 e. The van der Waals surface area contributed by atoms with E-state index in [2.05, 4.69) is 49.2 Å². The summed E-state index contributed by atoms with van der Waals surface area (Å²) < 4.78 is 0. The normalized spacial score (nSPS) is 10.4. The van der Waals surface area contributed by atoms with Crippen LogP contribution in [0.3, 0.4) is 0 Å². The molecule has 0 saturated carbocycles. The van der Waals surface area contributed by atoms with Crippen molar-refractivity contribution in [2.75, 3.05) is 0 Å². The van der Waals surface area contributed by atoms with Crippen LogP contribution < -0.4 is 0 Å². The molecule has 21 heavy (non-hydrogen) atoms. The predicted molar refractivity (Wildman–Crippen MR) is 88.3 cm³/mol. The highest BCUT2D eigenvalue weighted by Crippen LogP contribution is 2.09. The standard InChI is InChI=1S/C19H24N2/c1-16(2)12-13-19-11-5-10-18(21-19)9-4-3-7-17-8-6-14-20-15-17/h5-6,8,10-12,14-15H,3-4,7,9,13H2,1-2H3. The number of pyridine rings is 2. The molecular formula is C19H24N2. The lowest BCUT2D eigenvalue weighted by Gasteiger charge is -2.04. The Morgan fingerprint density at radius 1 is 1.00 bits per heavy atom. The Balaban J connectivity index is 1.78. The molecule has 2 nitrogen and oxygen atoms in total. The number of aryl methyl sites for hydroxylation is 2. The van der Waals surface area contributed by atoms with Crippen molar-refractivity contribution in [3.8, 4) is 0 Å². The minimum absolute atomic E-state index is 0.936. The molecule has 2 rings (SSSR count). The molecule has 0 saturated heterocycles. The summed E-state index contributed by atoms with van der Waals surface area (Å²) in [6.45, 7) is 4.25. The van der Waals surface area contributed by atoms with Gasteiger partial charge in [-0.3, -0.25) is 9.97 Å². The first-order chi connectivity index (χ1) is 10.2. The summed E-state index contributed by atoms with van der Waals surface area (Å²) >= 11 is 0. The second-order valence-electron chi connectivity index (χ2n) is 5.67. The Morgan fingerprint density at radius 2 is 1.81 bits per heavy atom. The molecule has 2 heterocycles. The van der Waals surface area contributed by atoms with E-state index in [4.69, 9.17) is 4.98 Å². The molecule has 2 aromatic heterocycles. The van der Waals surface area contributed by atoms with Gasteiger partial charge in [-0.2, -0.15) is 0 Å². The molecule has 0 aliphatic heterocycles. The van der Waals surface area contributed by atoms with Crippen LogP contribution in [0.15, 0.2) is 54.4 Å². The third-order valence-corrected chi connectivity index (χ3v) is 3.46. The van der Waals surface area contributed by atoms with Crippen molar-refractivity contribution in [2.45, 2.75) is 46.0 Å². The van der Waals surface area contributed by atoms with Gasteiger partial charge in [0.15, 0.2) is 0 Å². The zero-order valence-electron chi connectivity index (χ0n) is 13.0. The maximum Gasteiger partial charge on any atom is 0.0444 e. The van der Waals surface area contributed by atoms with Gasteiger partial charge < -0.3 is 0 Å². The molecule has 0 bridgehead atoms. The molecule has 0 radical (unpaired) electrons. The highest BCUT2D eigenvalue weighted by Gasteiger charge is 1.99. The Morgan fingerprint density at radius 3 is 2.57 bits per heavy atom. The number of nitrogens with zero attached hydrogens (tertiary/aromatic N) is 2. The van der Waals surface area contributed by atoms with E-state index in [9.17, 15) is 0 Å². The minimum atomic E-state index is 0.936. The van der Waals surface area contributed by atoms with E-state index >= 15 is 0 Å². The molecule has 0 aliphatic rings. The van der Waals surface area contributed by atoms with Crippen LogP contribution in [0.1, 0.15) is 43.6 Å². The van der Waals surface area contributed by atoms with E-state index in [1.54, 1.807) is 0 Å². The van der Waals surface area contributed by atoms with Crippen molar-refractivity contribution in [3.05, 3.63) is 71.3 Å². The molecule has 0 unspecified atom stereocenters. The van der Waals surface area contributed by atoms with Crippen LogP contribution >= 0.6 is 0 Å². The van der Waals surface area contributed by atoms with Crippen molar-refractivity contribution in [1.29, 1.82) is 0 Å². The first kappa shape index (κ1) is 15.4. The van der Waals surface area contributed by atoms with E-state index in [1.165, 1.54) is 35.4 Å². The Bertz CT molecular complexity index is 569. The van der Waals surface area contributed by atoms with Gasteiger partial charge in [-0.1, -0.05) is 23.8 Å². The number of allylic oxidation sites excluding steroid dienone is 2. The quantitative estimate of drug-likeness (QED) is 0.549. The highest BCUT2D eigenvalue weighted by molar-refractivity contribution is 5.15. The van der Waals surface area contributed by atoms with E-state index in [0.29, 0.717) is 0 Å². The third-order valence-electron chi connectivity index (χ3n) is 3.46. The monoisotopic (exact) mass is 280 g/mol. The Kier molecular flexibility index (Phi) is 6.14. The summed E-state index contributed by atoms with van der Waals surface area (Å²) in [5, 5.41) is 0. The lowest BCUT2D eigenvalue weighted by atomic mass is 10.1. The molecule has 0 fully saturated rings. The van der Waals surface area contributed by atoms with Crippen molar-refractivity contribution in [1.82, 2.24) is 9.97 Å². The lowest BCUT2D eigenvalue weighted by molar-refractivity contribution is 0.719. The average Bonchev–Trinajstić information content (AvgIpc) is 2.51. The number of hydrogen-bond donors (Lipinski definition) is 0. The molecule has 0 atom stereocenters. The molecule has 0 N–H and O–H groups in total. The van der Waals surface area contributed by atoms with Crippen LogP contribution in [0.4, 0.5) is 0 Å². The van der Waals surface area contributed by atoms with Gasteiger partial charge in [0.25, 0.3) is 0 Å². The fourth-order valence-corrected chi connectivity index (χ4v) is 2.27. The van der Waals surface area contributed by atoms with Crippen LogP contribution in [0.2, 0.25) is 0 Å². The van der Waals surface area contributed by atoms with Gasteiger partial charge in [-0.25, -0.2) is 0 Å². The topological polar surface area (TPSA) is 25.8 Å². The summed E-state index contributed by atoms with van der Waals surface area (Å²) in [5.41, 5.74) is 5.04. The van der Waals surface area contributed by atoms with Crippen LogP contribution in [-0.2, 0) is 19.3 Å². The van der Waals surface area contributed by atoms with Gasteiger partial charge in [0.1, 0.15) is 0 Å². The maximum absolute atomic E-state index is 4.73. The molecule has 2 heteroatoms. The van der Waals surface area contributed by atoms with Crippen molar-refractivity contribution >= 4 is 0 Å². The van der Waals surface area contributed by atoms with E-state index < -0.39 is 0 Å². The van der Waals surface area contributed by atoms with Crippen molar-refractivity contribution < 1.29 is 0 Å². The Hall–Kier alpha value is -1.96. The molecular weight excluding hydrogens is 256 g/mol. The summed E-state index contributed by atoms with van der Waals surface area (Å²) in [6, 6.07) is 10.5. The highest BCUT2D eigenvalue weighted by atomic mass is 14.7. The summed E-state index contributed by atoms with van der Waals surface area (Å²) in [7, 11) is 0. The molecule has 0 amide bonds. The SMILES string of the molecule is CC(C)=CCc1cccc(CCCCc2cccnc2)n1. The second-order valence-corrected chi connectivity index (χ2v) is 5.67. The van der Waals surface area contributed by atoms with Crippen LogP contribution in [-0.4, -0.2) is 9.97 Å². The third kappa shape index (κ3) is 5.90. The molecule has 110 valence electrons. The van der Waals surface area contributed by atoms with E-state index in [1.807, 2.05) is 18.5 Å². The number of rotatable bonds is 7. The zero-order valence-corrected chi connectivity index (χ0v) is 13.0. The molecule has 0 aliphatic carbocycles.